The second kappa shape index (κ2) is 4.71. The van der Waals surface area contributed by atoms with E-state index < -0.39 is 0 Å². The Kier molecular flexibility index (Phi) is 3.52. The Labute approximate surface area is 95.5 Å². The minimum atomic E-state index is -0.231. The maximum Gasteiger partial charge on any atom is 0.249 e. The van der Waals surface area contributed by atoms with Crippen molar-refractivity contribution < 1.29 is 9.53 Å². The Bertz CT molecular complexity index is 233. The minimum absolute atomic E-state index is 0.0371. The lowest BCUT2D eigenvalue weighted by molar-refractivity contribution is -0.131. The topological polar surface area (TPSA) is 38.3 Å². The van der Waals surface area contributed by atoms with Gasteiger partial charge in [-0.25, -0.2) is 0 Å². The average Bonchev–Trinajstić information content (AvgIpc) is 2.88. The largest absolute Gasteiger partial charge is 0.368 e. The van der Waals surface area contributed by atoms with Crippen molar-refractivity contribution in [1.29, 1.82) is 0 Å². The summed E-state index contributed by atoms with van der Waals surface area (Å²) in [6, 6.07) is 0. The molecule has 2 fully saturated rings. The second-order valence-electron chi connectivity index (χ2n) is 4.61. The minimum Gasteiger partial charge on any atom is -0.368 e. The third kappa shape index (κ3) is 2.45. The highest BCUT2D eigenvalue weighted by molar-refractivity contribution is 6.18. The summed E-state index contributed by atoms with van der Waals surface area (Å²) in [5, 5.41) is 3.09. The number of rotatable bonds is 3. The SMILES string of the molecule is O=C(NC1(CCl)CCCC1)C1CCCO1. The fourth-order valence-corrected chi connectivity index (χ4v) is 2.80. The first-order valence-electron chi connectivity index (χ1n) is 5.75. The van der Waals surface area contributed by atoms with Gasteiger partial charge in [-0.15, -0.1) is 11.6 Å². The molecular formula is C11H18ClNO2. The Balaban J connectivity index is 1.91. The Morgan fingerprint density at radius 2 is 2.13 bits per heavy atom. The summed E-state index contributed by atoms with van der Waals surface area (Å²) in [5.74, 6) is 0.556. The summed E-state index contributed by atoms with van der Waals surface area (Å²) in [7, 11) is 0. The molecule has 0 spiro atoms. The Hall–Kier alpha value is -0.280. The first-order valence-corrected chi connectivity index (χ1v) is 6.29. The number of carbonyl (C=O) groups excluding carboxylic acids is 1. The van der Waals surface area contributed by atoms with E-state index in [2.05, 4.69) is 5.32 Å². The van der Waals surface area contributed by atoms with E-state index in [9.17, 15) is 4.79 Å². The highest BCUT2D eigenvalue weighted by Gasteiger charge is 2.36. The van der Waals surface area contributed by atoms with Crippen LogP contribution in [-0.4, -0.2) is 30.0 Å². The highest BCUT2D eigenvalue weighted by atomic mass is 35.5. The quantitative estimate of drug-likeness (QED) is 0.753. The van der Waals surface area contributed by atoms with Crippen molar-refractivity contribution in [1.82, 2.24) is 5.32 Å². The molecule has 1 aliphatic heterocycles. The molecule has 1 atom stereocenters. The van der Waals surface area contributed by atoms with Crippen LogP contribution in [-0.2, 0) is 9.53 Å². The van der Waals surface area contributed by atoms with Crippen LogP contribution in [0, 0.1) is 0 Å². The molecule has 0 radical (unpaired) electrons. The molecule has 1 saturated carbocycles. The van der Waals surface area contributed by atoms with Gasteiger partial charge in [0.05, 0.1) is 5.54 Å². The van der Waals surface area contributed by atoms with E-state index >= 15 is 0 Å². The molecule has 0 aromatic heterocycles. The molecule has 86 valence electrons. The number of hydrogen-bond acceptors (Lipinski definition) is 2. The zero-order chi connectivity index (χ0) is 10.7. The number of carbonyl (C=O) groups is 1. The third-order valence-electron chi connectivity index (χ3n) is 3.43. The number of alkyl halides is 1. The molecule has 1 N–H and O–H groups in total. The number of halogens is 1. The first-order chi connectivity index (χ1) is 7.26. The van der Waals surface area contributed by atoms with Gasteiger partial charge in [-0.1, -0.05) is 12.8 Å². The van der Waals surface area contributed by atoms with E-state index in [1.807, 2.05) is 0 Å². The number of hydrogen-bond donors (Lipinski definition) is 1. The molecule has 1 amide bonds. The van der Waals surface area contributed by atoms with Gasteiger partial charge in [-0.05, 0) is 25.7 Å². The fourth-order valence-electron chi connectivity index (χ4n) is 2.47. The zero-order valence-corrected chi connectivity index (χ0v) is 9.68. The summed E-state index contributed by atoms with van der Waals surface area (Å²) >= 11 is 5.96. The lowest BCUT2D eigenvalue weighted by Crippen LogP contribution is -2.51. The smallest absolute Gasteiger partial charge is 0.249 e. The van der Waals surface area contributed by atoms with Crippen LogP contribution in [0.3, 0.4) is 0 Å². The van der Waals surface area contributed by atoms with Gasteiger partial charge in [-0.3, -0.25) is 4.79 Å². The van der Waals surface area contributed by atoms with Gasteiger partial charge in [0, 0.05) is 12.5 Å². The molecular weight excluding hydrogens is 214 g/mol. The highest BCUT2D eigenvalue weighted by Crippen LogP contribution is 2.31. The van der Waals surface area contributed by atoms with E-state index in [1.165, 1.54) is 12.8 Å². The fraction of sp³-hybridized carbons (Fsp3) is 0.909. The average molecular weight is 232 g/mol. The zero-order valence-electron chi connectivity index (χ0n) is 8.93. The van der Waals surface area contributed by atoms with Crippen molar-refractivity contribution in [2.45, 2.75) is 50.2 Å². The summed E-state index contributed by atoms with van der Waals surface area (Å²) in [4.78, 5) is 11.9. The molecule has 4 heteroatoms. The van der Waals surface area contributed by atoms with Gasteiger partial charge in [-0.2, -0.15) is 0 Å². The van der Waals surface area contributed by atoms with Gasteiger partial charge in [0.2, 0.25) is 5.91 Å². The van der Waals surface area contributed by atoms with Crippen LogP contribution in [0.2, 0.25) is 0 Å². The van der Waals surface area contributed by atoms with E-state index in [4.69, 9.17) is 16.3 Å². The van der Waals surface area contributed by atoms with Crippen molar-refractivity contribution >= 4 is 17.5 Å². The lowest BCUT2D eigenvalue weighted by Gasteiger charge is -2.29. The van der Waals surface area contributed by atoms with Crippen molar-refractivity contribution in [2.24, 2.45) is 0 Å². The second-order valence-corrected chi connectivity index (χ2v) is 4.88. The van der Waals surface area contributed by atoms with Gasteiger partial charge in [0.25, 0.3) is 0 Å². The standard InChI is InChI=1S/C11H18ClNO2/c12-8-11(5-1-2-6-11)13-10(14)9-4-3-7-15-9/h9H,1-8H2,(H,13,14). The molecule has 1 saturated heterocycles. The van der Waals surface area contributed by atoms with E-state index in [0.29, 0.717) is 12.5 Å². The van der Waals surface area contributed by atoms with Crippen LogP contribution >= 0.6 is 11.6 Å². The van der Waals surface area contributed by atoms with Crippen LogP contribution in [0.1, 0.15) is 38.5 Å². The molecule has 2 aliphatic rings. The molecule has 1 aliphatic carbocycles. The summed E-state index contributed by atoms with van der Waals surface area (Å²) in [6.07, 6.45) is 5.96. The van der Waals surface area contributed by atoms with Crippen LogP contribution in [0.15, 0.2) is 0 Å². The van der Waals surface area contributed by atoms with Crippen molar-refractivity contribution in [3.63, 3.8) is 0 Å². The maximum atomic E-state index is 11.9. The normalized spacial score (nSPS) is 29.3. The molecule has 3 nitrogen and oxygen atoms in total. The molecule has 2 rings (SSSR count). The predicted molar refractivity (Wildman–Crippen MR) is 59.0 cm³/mol. The Morgan fingerprint density at radius 1 is 1.40 bits per heavy atom. The van der Waals surface area contributed by atoms with Crippen LogP contribution in [0.5, 0.6) is 0 Å². The van der Waals surface area contributed by atoms with Gasteiger partial charge in [0.1, 0.15) is 6.10 Å². The summed E-state index contributed by atoms with van der Waals surface area (Å²) in [5.41, 5.74) is -0.148. The first kappa shape index (κ1) is 11.2. The van der Waals surface area contributed by atoms with E-state index in [0.717, 1.165) is 25.7 Å². The maximum absolute atomic E-state index is 11.9. The molecule has 0 aromatic rings. The molecule has 0 bridgehead atoms. The van der Waals surface area contributed by atoms with Crippen LogP contribution in [0.4, 0.5) is 0 Å². The van der Waals surface area contributed by atoms with Gasteiger partial charge < -0.3 is 10.1 Å². The van der Waals surface area contributed by atoms with Gasteiger partial charge in [0.15, 0.2) is 0 Å². The Morgan fingerprint density at radius 3 is 2.67 bits per heavy atom. The molecule has 15 heavy (non-hydrogen) atoms. The van der Waals surface area contributed by atoms with Gasteiger partial charge >= 0.3 is 0 Å². The van der Waals surface area contributed by atoms with Crippen molar-refractivity contribution in [3.8, 4) is 0 Å². The number of nitrogens with one attached hydrogen (secondary N) is 1. The van der Waals surface area contributed by atoms with Crippen LogP contribution < -0.4 is 5.32 Å². The molecule has 0 aromatic carbocycles. The molecule has 1 heterocycles. The monoisotopic (exact) mass is 231 g/mol. The van der Waals surface area contributed by atoms with E-state index in [1.54, 1.807) is 0 Å². The van der Waals surface area contributed by atoms with Crippen molar-refractivity contribution in [2.75, 3.05) is 12.5 Å². The number of amides is 1. The van der Waals surface area contributed by atoms with Crippen LogP contribution in [0.25, 0.3) is 0 Å². The van der Waals surface area contributed by atoms with Crippen molar-refractivity contribution in [3.05, 3.63) is 0 Å². The summed E-state index contributed by atoms with van der Waals surface area (Å²) in [6.45, 7) is 0.714. The van der Waals surface area contributed by atoms with E-state index in [-0.39, 0.29) is 17.6 Å². The number of ether oxygens (including phenoxy) is 1. The third-order valence-corrected chi connectivity index (χ3v) is 3.94. The predicted octanol–water partition coefficient (Wildman–Crippen LogP) is 1.83. The molecule has 1 unspecified atom stereocenters. The lowest BCUT2D eigenvalue weighted by atomic mass is 10.00. The summed E-state index contributed by atoms with van der Waals surface area (Å²) < 4.78 is 5.36.